The molecule has 0 spiro atoms. The van der Waals surface area contributed by atoms with Crippen molar-refractivity contribution in [1.82, 2.24) is 0 Å². The summed E-state index contributed by atoms with van der Waals surface area (Å²) in [6, 6.07) is 0. The van der Waals surface area contributed by atoms with Gasteiger partial charge in [0.1, 0.15) is 0 Å². The van der Waals surface area contributed by atoms with E-state index in [0.717, 1.165) is 11.5 Å². The molecule has 0 bridgehead atoms. The first-order valence-electron chi connectivity index (χ1n) is 3.57. The standard InChI is InChI=1S/C7H12O2S2/c1-5(6(8)9)7(2)10-3-4-11-7/h5H,3-4H2,1-2H3,(H,8,9). The van der Waals surface area contributed by atoms with Crippen molar-refractivity contribution in [3.8, 4) is 0 Å². The molecule has 1 N–H and O–H groups in total. The maximum Gasteiger partial charge on any atom is 0.308 e. The summed E-state index contributed by atoms with van der Waals surface area (Å²) in [5.41, 5.74) is 0. The lowest BCUT2D eigenvalue weighted by Gasteiger charge is -2.25. The van der Waals surface area contributed by atoms with E-state index in [1.54, 1.807) is 30.4 Å². The van der Waals surface area contributed by atoms with E-state index in [4.69, 9.17) is 5.11 Å². The highest BCUT2D eigenvalue weighted by molar-refractivity contribution is 8.21. The molecule has 0 amide bonds. The minimum atomic E-state index is -0.686. The van der Waals surface area contributed by atoms with Crippen LogP contribution in [0.5, 0.6) is 0 Å². The van der Waals surface area contributed by atoms with Crippen LogP contribution in [0.25, 0.3) is 0 Å². The monoisotopic (exact) mass is 192 g/mol. The van der Waals surface area contributed by atoms with Crippen LogP contribution in [0.2, 0.25) is 0 Å². The van der Waals surface area contributed by atoms with E-state index in [2.05, 4.69) is 0 Å². The molecular weight excluding hydrogens is 180 g/mol. The summed E-state index contributed by atoms with van der Waals surface area (Å²) in [7, 11) is 0. The molecule has 0 saturated carbocycles. The van der Waals surface area contributed by atoms with Gasteiger partial charge in [-0.05, 0) is 13.8 Å². The van der Waals surface area contributed by atoms with Crippen LogP contribution in [0.3, 0.4) is 0 Å². The minimum Gasteiger partial charge on any atom is -0.481 e. The Kier molecular flexibility index (Phi) is 2.75. The molecule has 0 aromatic heterocycles. The largest absolute Gasteiger partial charge is 0.481 e. The van der Waals surface area contributed by atoms with E-state index >= 15 is 0 Å². The van der Waals surface area contributed by atoms with Crippen molar-refractivity contribution < 1.29 is 9.90 Å². The van der Waals surface area contributed by atoms with Crippen LogP contribution >= 0.6 is 23.5 Å². The highest BCUT2D eigenvalue weighted by atomic mass is 32.2. The summed E-state index contributed by atoms with van der Waals surface area (Å²) in [5.74, 6) is 1.23. The van der Waals surface area contributed by atoms with E-state index < -0.39 is 5.97 Å². The second-order valence-corrected chi connectivity index (χ2v) is 6.12. The lowest BCUT2D eigenvalue weighted by molar-refractivity contribution is -0.141. The van der Waals surface area contributed by atoms with Gasteiger partial charge in [-0.1, -0.05) is 0 Å². The summed E-state index contributed by atoms with van der Waals surface area (Å²) in [6.45, 7) is 3.81. The maximum absolute atomic E-state index is 10.7. The van der Waals surface area contributed by atoms with Crippen molar-refractivity contribution in [3.63, 3.8) is 0 Å². The predicted octanol–water partition coefficient (Wildman–Crippen LogP) is 1.90. The summed E-state index contributed by atoms with van der Waals surface area (Å²) in [5, 5.41) is 8.78. The topological polar surface area (TPSA) is 37.3 Å². The molecular formula is C7H12O2S2. The Bertz CT molecular complexity index is 164. The molecule has 64 valence electrons. The molecule has 1 fully saturated rings. The third kappa shape index (κ3) is 1.85. The minimum absolute atomic E-state index is 0.0914. The number of carbonyl (C=O) groups is 1. The van der Waals surface area contributed by atoms with E-state index in [9.17, 15) is 4.79 Å². The van der Waals surface area contributed by atoms with Crippen molar-refractivity contribution in [2.75, 3.05) is 11.5 Å². The van der Waals surface area contributed by atoms with E-state index in [0.29, 0.717) is 0 Å². The van der Waals surface area contributed by atoms with Crippen LogP contribution in [0.1, 0.15) is 13.8 Å². The number of carboxylic acids is 1. The summed E-state index contributed by atoms with van der Waals surface area (Å²) < 4.78 is -0.0914. The highest BCUT2D eigenvalue weighted by Gasteiger charge is 2.39. The van der Waals surface area contributed by atoms with Crippen molar-refractivity contribution in [3.05, 3.63) is 0 Å². The van der Waals surface area contributed by atoms with Gasteiger partial charge < -0.3 is 5.11 Å². The number of hydrogen-bond donors (Lipinski definition) is 1. The Balaban J connectivity index is 2.63. The zero-order chi connectivity index (χ0) is 8.48. The molecule has 1 rings (SSSR count). The molecule has 1 aliphatic heterocycles. The molecule has 11 heavy (non-hydrogen) atoms. The zero-order valence-corrected chi connectivity index (χ0v) is 8.30. The molecule has 4 heteroatoms. The fourth-order valence-corrected chi connectivity index (χ4v) is 4.02. The van der Waals surface area contributed by atoms with Crippen LogP contribution in [0.4, 0.5) is 0 Å². The molecule has 1 heterocycles. The third-order valence-corrected chi connectivity index (χ3v) is 5.65. The second-order valence-electron chi connectivity index (χ2n) is 2.77. The fraction of sp³-hybridized carbons (Fsp3) is 0.857. The zero-order valence-electron chi connectivity index (χ0n) is 6.66. The van der Waals surface area contributed by atoms with Gasteiger partial charge in [-0.2, -0.15) is 0 Å². The van der Waals surface area contributed by atoms with Gasteiger partial charge >= 0.3 is 5.97 Å². The highest BCUT2D eigenvalue weighted by Crippen LogP contribution is 2.48. The maximum atomic E-state index is 10.7. The average Bonchev–Trinajstić information content (AvgIpc) is 2.35. The first-order chi connectivity index (χ1) is 5.06. The molecule has 1 atom stereocenters. The second kappa shape index (κ2) is 3.27. The smallest absolute Gasteiger partial charge is 0.308 e. The van der Waals surface area contributed by atoms with Gasteiger partial charge in [-0.3, -0.25) is 4.79 Å². The van der Waals surface area contributed by atoms with Crippen molar-refractivity contribution >= 4 is 29.5 Å². The van der Waals surface area contributed by atoms with Crippen LogP contribution in [0, 0.1) is 5.92 Å². The molecule has 0 aromatic rings. The van der Waals surface area contributed by atoms with Gasteiger partial charge in [0.25, 0.3) is 0 Å². The summed E-state index contributed by atoms with van der Waals surface area (Å²) in [6.07, 6.45) is 0. The average molecular weight is 192 g/mol. The fourth-order valence-electron chi connectivity index (χ4n) is 1.00. The lowest BCUT2D eigenvalue weighted by atomic mass is 10.1. The van der Waals surface area contributed by atoms with Crippen LogP contribution < -0.4 is 0 Å². The van der Waals surface area contributed by atoms with Gasteiger partial charge in [-0.15, -0.1) is 23.5 Å². The molecule has 0 aromatic carbocycles. The van der Waals surface area contributed by atoms with Crippen molar-refractivity contribution in [1.29, 1.82) is 0 Å². The van der Waals surface area contributed by atoms with Crippen molar-refractivity contribution in [2.45, 2.75) is 17.9 Å². The van der Waals surface area contributed by atoms with E-state index in [1.807, 2.05) is 6.92 Å². The Morgan fingerprint density at radius 3 is 2.36 bits per heavy atom. The summed E-state index contributed by atoms with van der Waals surface area (Å²) >= 11 is 3.53. The van der Waals surface area contributed by atoms with Crippen LogP contribution in [-0.4, -0.2) is 26.7 Å². The Morgan fingerprint density at radius 1 is 1.55 bits per heavy atom. The number of thioether (sulfide) groups is 2. The Hall–Kier alpha value is 0.170. The molecule has 1 saturated heterocycles. The van der Waals surface area contributed by atoms with E-state index in [-0.39, 0.29) is 10.00 Å². The first kappa shape index (κ1) is 9.26. The third-order valence-electron chi connectivity index (χ3n) is 2.02. The van der Waals surface area contributed by atoms with Gasteiger partial charge in [0.15, 0.2) is 0 Å². The number of rotatable bonds is 2. The predicted molar refractivity (Wildman–Crippen MR) is 50.1 cm³/mol. The lowest BCUT2D eigenvalue weighted by Crippen LogP contribution is -2.29. The Labute approximate surface area is 75.1 Å². The normalized spacial score (nSPS) is 24.9. The number of carboxylic acid groups (broad SMARTS) is 1. The van der Waals surface area contributed by atoms with Gasteiger partial charge in [-0.25, -0.2) is 0 Å². The van der Waals surface area contributed by atoms with Gasteiger partial charge in [0, 0.05) is 11.5 Å². The summed E-state index contributed by atoms with van der Waals surface area (Å²) in [4.78, 5) is 10.7. The number of aliphatic carboxylic acids is 1. The number of hydrogen-bond acceptors (Lipinski definition) is 3. The van der Waals surface area contributed by atoms with Gasteiger partial charge in [0.05, 0.1) is 10.00 Å². The Morgan fingerprint density at radius 2 is 2.00 bits per heavy atom. The van der Waals surface area contributed by atoms with E-state index in [1.165, 1.54) is 0 Å². The van der Waals surface area contributed by atoms with Crippen LogP contribution in [0.15, 0.2) is 0 Å². The molecule has 0 aliphatic carbocycles. The molecule has 1 aliphatic rings. The van der Waals surface area contributed by atoms with Crippen LogP contribution in [-0.2, 0) is 4.79 Å². The van der Waals surface area contributed by atoms with Gasteiger partial charge in [0.2, 0.25) is 0 Å². The SMILES string of the molecule is CC(C(=O)O)C1(C)SCCS1. The molecule has 2 nitrogen and oxygen atoms in total. The van der Waals surface area contributed by atoms with Crippen molar-refractivity contribution in [2.24, 2.45) is 5.92 Å². The quantitative estimate of drug-likeness (QED) is 0.725. The molecule has 0 radical (unpaired) electrons. The first-order valence-corrected chi connectivity index (χ1v) is 5.54. The molecule has 1 unspecified atom stereocenters.